The van der Waals surface area contributed by atoms with Gasteiger partial charge in [-0.15, -0.1) is 5.10 Å². The fourth-order valence-electron chi connectivity index (χ4n) is 1.55. The number of benzene rings is 1. The third-order valence-corrected chi connectivity index (χ3v) is 3.74. The molecular formula is C12H15N5O2S. The van der Waals surface area contributed by atoms with Crippen LogP contribution in [0.15, 0.2) is 28.2 Å². The zero-order valence-electron chi connectivity index (χ0n) is 11.1. The van der Waals surface area contributed by atoms with Gasteiger partial charge in [0.25, 0.3) is 0 Å². The van der Waals surface area contributed by atoms with Gasteiger partial charge in [-0.3, -0.25) is 9.36 Å². The van der Waals surface area contributed by atoms with Crippen LogP contribution in [-0.2, 0) is 11.8 Å². The maximum Gasteiger partial charge on any atom is 0.343 e. The van der Waals surface area contributed by atoms with Crippen molar-refractivity contribution in [3.05, 3.63) is 34.2 Å². The van der Waals surface area contributed by atoms with Gasteiger partial charge < -0.3 is 11.1 Å². The standard InChI is InChI=1S/C12H15N5O2S/c1-7-3-4-8(13)5-9(7)14-10(18)6-20-12-16-15-11(19)17(12)2/h3-5H,6,13H2,1-2H3,(H,14,18)(H,15,19). The van der Waals surface area contributed by atoms with Gasteiger partial charge in [-0.25, -0.2) is 9.89 Å². The molecule has 0 fully saturated rings. The highest BCUT2D eigenvalue weighted by atomic mass is 32.2. The first-order chi connectivity index (χ1) is 9.47. The number of carbonyl (C=O) groups excluding carboxylic acids is 1. The molecule has 0 aliphatic rings. The summed E-state index contributed by atoms with van der Waals surface area (Å²) in [5.74, 6) is -0.0222. The Morgan fingerprint density at radius 3 is 2.95 bits per heavy atom. The van der Waals surface area contributed by atoms with E-state index in [9.17, 15) is 9.59 Å². The molecule has 1 aromatic carbocycles. The van der Waals surface area contributed by atoms with Gasteiger partial charge in [-0.05, 0) is 24.6 Å². The molecule has 4 N–H and O–H groups in total. The number of aromatic amines is 1. The Bertz CT molecular complexity index is 691. The Morgan fingerprint density at radius 1 is 1.55 bits per heavy atom. The van der Waals surface area contributed by atoms with E-state index in [2.05, 4.69) is 15.5 Å². The average molecular weight is 293 g/mol. The largest absolute Gasteiger partial charge is 0.399 e. The van der Waals surface area contributed by atoms with Crippen LogP contribution in [0.5, 0.6) is 0 Å². The van der Waals surface area contributed by atoms with Crippen LogP contribution in [0.3, 0.4) is 0 Å². The number of aromatic nitrogens is 3. The van der Waals surface area contributed by atoms with Crippen molar-refractivity contribution in [1.82, 2.24) is 14.8 Å². The number of amides is 1. The van der Waals surface area contributed by atoms with Crippen molar-refractivity contribution in [3.8, 4) is 0 Å². The first-order valence-corrected chi connectivity index (χ1v) is 6.86. The Morgan fingerprint density at radius 2 is 2.30 bits per heavy atom. The van der Waals surface area contributed by atoms with E-state index >= 15 is 0 Å². The number of rotatable bonds is 4. The number of nitrogens with two attached hydrogens (primary N) is 1. The number of thioether (sulfide) groups is 1. The molecule has 0 aliphatic heterocycles. The Balaban J connectivity index is 1.97. The van der Waals surface area contributed by atoms with Gasteiger partial charge in [0.1, 0.15) is 0 Å². The van der Waals surface area contributed by atoms with Crippen LogP contribution >= 0.6 is 11.8 Å². The minimum absolute atomic E-state index is 0.159. The molecule has 7 nitrogen and oxygen atoms in total. The number of carbonyl (C=O) groups is 1. The Kier molecular flexibility index (Phi) is 4.14. The predicted molar refractivity (Wildman–Crippen MR) is 78.8 cm³/mol. The normalized spacial score (nSPS) is 10.5. The summed E-state index contributed by atoms with van der Waals surface area (Å²) < 4.78 is 1.35. The molecule has 8 heteroatoms. The molecule has 0 atom stereocenters. The van der Waals surface area contributed by atoms with Gasteiger partial charge in [-0.1, -0.05) is 17.8 Å². The lowest BCUT2D eigenvalue weighted by Gasteiger charge is -2.08. The monoisotopic (exact) mass is 293 g/mol. The van der Waals surface area contributed by atoms with Gasteiger partial charge in [0, 0.05) is 18.4 Å². The van der Waals surface area contributed by atoms with Crippen LogP contribution in [0.4, 0.5) is 11.4 Å². The molecule has 0 spiro atoms. The van der Waals surface area contributed by atoms with Crippen molar-refractivity contribution >= 4 is 29.0 Å². The van der Waals surface area contributed by atoms with Gasteiger partial charge in [0.15, 0.2) is 5.16 Å². The van der Waals surface area contributed by atoms with E-state index in [0.717, 1.165) is 5.56 Å². The van der Waals surface area contributed by atoms with Gasteiger partial charge in [0.2, 0.25) is 5.91 Å². The smallest absolute Gasteiger partial charge is 0.343 e. The second-order valence-corrected chi connectivity index (χ2v) is 5.22. The first kappa shape index (κ1) is 14.2. The molecule has 1 heterocycles. The fourth-order valence-corrected chi connectivity index (χ4v) is 2.27. The number of hydrogen-bond donors (Lipinski definition) is 3. The van der Waals surface area contributed by atoms with Crippen molar-refractivity contribution in [2.45, 2.75) is 12.1 Å². The lowest BCUT2D eigenvalue weighted by Crippen LogP contribution is -2.16. The van der Waals surface area contributed by atoms with Gasteiger partial charge in [-0.2, -0.15) is 0 Å². The lowest BCUT2D eigenvalue weighted by molar-refractivity contribution is -0.113. The average Bonchev–Trinajstić information content (AvgIpc) is 2.72. The molecule has 0 radical (unpaired) electrons. The minimum atomic E-state index is -0.306. The van der Waals surface area contributed by atoms with Crippen LogP contribution in [-0.4, -0.2) is 26.4 Å². The van der Waals surface area contributed by atoms with E-state index < -0.39 is 0 Å². The van der Waals surface area contributed by atoms with Crippen molar-refractivity contribution in [2.75, 3.05) is 16.8 Å². The van der Waals surface area contributed by atoms with E-state index in [1.54, 1.807) is 19.2 Å². The Hall–Kier alpha value is -2.22. The molecule has 0 saturated heterocycles. The molecule has 20 heavy (non-hydrogen) atoms. The molecule has 2 rings (SSSR count). The molecule has 106 valence electrons. The quantitative estimate of drug-likeness (QED) is 0.569. The number of nitrogens with one attached hydrogen (secondary N) is 2. The molecule has 0 saturated carbocycles. The number of nitrogens with zero attached hydrogens (tertiary/aromatic N) is 2. The van der Waals surface area contributed by atoms with Crippen LogP contribution in [0.1, 0.15) is 5.56 Å². The number of aryl methyl sites for hydroxylation is 1. The van der Waals surface area contributed by atoms with Crippen molar-refractivity contribution in [2.24, 2.45) is 7.05 Å². The summed E-state index contributed by atoms with van der Waals surface area (Å²) in [6, 6.07) is 5.33. The number of H-pyrrole nitrogens is 1. The molecule has 1 amide bonds. The summed E-state index contributed by atoms with van der Waals surface area (Å²) in [4.78, 5) is 23.0. The van der Waals surface area contributed by atoms with Crippen molar-refractivity contribution < 1.29 is 4.79 Å². The van der Waals surface area contributed by atoms with Crippen molar-refractivity contribution in [3.63, 3.8) is 0 Å². The summed E-state index contributed by atoms with van der Waals surface area (Å²) in [5, 5.41) is 9.38. The second-order valence-electron chi connectivity index (χ2n) is 4.28. The zero-order chi connectivity index (χ0) is 14.7. The number of nitrogen functional groups attached to an aromatic ring is 1. The highest BCUT2D eigenvalue weighted by Crippen LogP contribution is 2.19. The van der Waals surface area contributed by atoms with Crippen LogP contribution in [0.25, 0.3) is 0 Å². The summed E-state index contributed by atoms with van der Waals surface area (Å²) in [6.45, 7) is 1.89. The topological polar surface area (TPSA) is 106 Å². The summed E-state index contributed by atoms with van der Waals surface area (Å²) in [5.41, 5.74) is 7.59. The third kappa shape index (κ3) is 3.21. The zero-order valence-corrected chi connectivity index (χ0v) is 12.0. The predicted octanol–water partition coefficient (Wildman–Crippen LogP) is 0.730. The molecule has 1 aromatic heterocycles. The van der Waals surface area contributed by atoms with E-state index in [1.165, 1.54) is 16.3 Å². The first-order valence-electron chi connectivity index (χ1n) is 5.87. The summed E-state index contributed by atoms with van der Waals surface area (Å²) in [7, 11) is 1.59. The molecule has 0 aliphatic carbocycles. The maximum atomic E-state index is 11.9. The van der Waals surface area contributed by atoms with Crippen LogP contribution < -0.4 is 16.7 Å². The van der Waals surface area contributed by atoms with Gasteiger partial charge >= 0.3 is 5.69 Å². The van der Waals surface area contributed by atoms with Crippen molar-refractivity contribution in [1.29, 1.82) is 0 Å². The minimum Gasteiger partial charge on any atom is -0.399 e. The maximum absolute atomic E-state index is 11.9. The van der Waals surface area contributed by atoms with E-state index in [4.69, 9.17) is 5.73 Å². The van der Waals surface area contributed by atoms with E-state index in [0.29, 0.717) is 16.5 Å². The molecule has 0 unspecified atom stereocenters. The highest BCUT2D eigenvalue weighted by molar-refractivity contribution is 7.99. The second kappa shape index (κ2) is 5.83. The van der Waals surface area contributed by atoms with Crippen LogP contribution in [0.2, 0.25) is 0 Å². The molecule has 2 aromatic rings. The van der Waals surface area contributed by atoms with Crippen LogP contribution in [0, 0.1) is 6.92 Å². The van der Waals surface area contributed by atoms with E-state index in [1.807, 2.05) is 13.0 Å². The third-order valence-electron chi connectivity index (χ3n) is 2.71. The fraction of sp³-hybridized carbons (Fsp3) is 0.250. The number of hydrogen-bond acceptors (Lipinski definition) is 5. The SMILES string of the molecule is Cc1ccc(N)cc1NC(=O)CSc1n[nH]c(=O)n1C. The van der Waals surface area contributed by atoms with E-state index in [-0.39, 0.29) is 17.3 Å². The summed E-state index contributed by atoms with van der Waals surface area (Å²) >= 11 is 1.18. The summed E-state index contributed by atoms with van der Waals surface area (Å²) in [6.07, 6.45) is 0. The molecule has 0 bridgehead atoms. The Labute approximate surface area is 119 Å². The highest BCUT2D eigenvalue weighted by Gasteiger charge is 2.10. The molecular weight excluding hydrogens is 278 g/mol. The number of anilines is 2. The lowest BCUT2D eigenvalue weighted by atomic mass is 10.2. The van der Waals surface area contributed by atoms with Gasteiger partial charge in [0.05, 0.1) is 5.75 Å².